The Balaban J connectivity index is 1.48. The van der Waals surface area contributed by atoms with Gasteiger partial charge >= 0.3 is 11.9 Å². The summed E-state index contributed by atoms with van der Waals surface area (Å²) in [6.07, 6.45) is -3.87. The first kappa shape index (κ1) is 28.2. The van der Waals surface area contributed by atoms with Gasteiger partial charge in [0.25, 0.3) is 5.56 Å². The number of nitrogens with zero attached hydrogens (tertiary/aromatic N) is 3. The maximum Gasteiger partial charge on any atom is 0.416 e. The summed E-state index contributed by atoms with van der Waals surface area (Å²) in [6.45, 7) is 4.81. The van der Waals surface area contributed by atoms with Crippen LogP contribution < -0.4 is 21.3 Å². The Labute approximate surface area is 233 Å². The van der Waals surface area contributed by atoms with E-state index < -0.39 is 29.1 Å². The van der Waals surface area contributed by atoms with Crippen LogP contribution in [0.5, 0.6) is 5.75 Å². The first-order valence-corrected chi connectivity index (χ1v) is 13.5. The number of nitrogens with one attached hydrogen (secondary N) is 2. The highest BCUT2D eigenvalue weighted by Crippen LogP contribution is 2.36. The van der Waals surface area contributed by atoms with E-state index in [2.05, 4.69) is 15.3 Å². The smallest absolute Gasteiger partial charge is 0.416 e. The summed E-state index contributed by atoms with van der Waals surface area (Å²) < 4.78 is 49.1. The highest BCUT2D eigenvalue weighted by molar-refractivity contribution is 5.78. The van der Waals surface area contributed by atoms with Gasteiger partial charge in [-0.05, 0) is 54.8 Å². The van der Waals surface area contributed by atoms with E-state index in [4.69, 9.17) is 4.74 Å². The molecule has 5 rings (SSSR count). The molecular weight excluding hydrogens is 539 g/mol. The topological polar surface area (TPSA) is 111 Å². The second kappa shape index (κ2) is 11.3. The van der Waals surface area contributed by atoms with Gasteiger partial charge in [-0.25, -0.2) is 9.78 Å². The van der Waals surface area contributed by atoms with Crippen molar-refractivity contribution in [3.8, 4) is 17.1 Å². The second-order valence-electron chi connectivity index (χ2n) is 10.1. The van der Waals surface area contributed by atoms with Gasteiger partial charge in [0.15, 0.2) is 5.65 Å². The molecule has 0 aliphatic carbocycles. The van der Waals surface area contributed by atoms with Crippen molar-refractivity contribution in [1.82, 2.24) is 24.4 Å². The molecule has 1 amide bonds. The summed E-state index contributed by atoms with van der Waals surface area (Å²) >= 11 is 0. The maximum atomic E-state index is 13.4. The van der Waals surface area contributed by atoms with Crippen molar-refractivity contribution < 1.29 is 22.7 Å². The molecule has 2 unspecified atom stereocenters. The summed E-state index contributed by atoms with van der Waals surface area (Å²) in [5, 5.41) is 2.72. The number of alkyl halides is 3. The Morgan fingerprint density at radius 3 is 2.37 bits per heavy atom. The Morgan fingerprint density at radius 2 is 1.73 bits per heavy atom. The minimum atomic E-state index is -4.51. The van der Waals surface area contributed by atoms with Crippen molar-refractivity contribution in [2.75, 3.05) is 6.54 Å². The van der Waals surface area contributed by atoms with Crippen LogP contribution in [-0.2, 0) is 24.1 Å². The molecule has 4 aromatic rings. The van der Waals surface area contributed by atoms with E-state index in [1.54, 1.807) is 30.3 Å². The fourth-order valence-corrected chi connectivity index (χ4v) is 5.16. The van der Waals surface area contributed by atoms with Crippen LogP contribution in [0.4, 0.5) is 13.2 Å². The molecule has 0 radical (unpaired) electrons. The van der Waals surface area contributed by atoms with Gasteiger partial charge in [-0.1, -0.05) is 26.0 Å². The van der Waals surface area contributed by atoms with Crippen LogP contribution in [0.3, 0.4) is 0 Å². The van der Waals surface area contributed by atoms with Gasteiger partial charge in [0.05, 0.1) is 5.56 Å². The van der Waals surface area contributed by atoms with Crippen molar-refractivity contribution in [3.05, 3.63) is 80.5 Å². The van der Waals surface area contributed by atoms with Gasteiger partial charge in [-0.15, -0.1) is 0 Å². The third-order valence-electron chi connectivity index (χ3n) is 7.13. The monoisotopic (exact) mass is 569 g/mol. The first-order valence-electron chi connectivity index (χ1n) is 13.5. The minimum Gasteiger partial charge on any atom is -0.485 e. The Bertz CT molecular complexity index is 1690. The molecular formula is C29H30F3N5O4. The van der Waals surface area contributed by atoms with E-state index in [1.807, 2.05) is 13.8 Å². The van der Waals surface area contributed by atoms with Gasteiger partial charge in [0, 0.05) is 37.5 Å². The van der Waals surface area contributed by atoms with Crippen molar-refractivity contribution in [3.63, 3.8) is 0 Å². The lowest BCUT2D eigenvalue weighted by Crippen LogP contribution is -2.40. The number of fused-ring (bicyclic) bond motifs is 1. The number of amides is 1. The fourth-order valence-electron chi connectivity index (χ4n) is 5.16. The molecule has 2 atom stereocenters. The Morgan fingerprint density at radius 1 is 1.02 bits per heavy atom. The molecule has 41 heavy (non-hydrogen) atoms. The molecule has 3 heterocycles. The van der Waals surface area contributed by atoms with Gasteiger partial charge in [0.2, 0.25) is 5.91 Å². The average Bonchev–Trinajstić information content (AvgIpc) is 3.59. The summed E-state index contributed by atoms with van der Waals surface area (Å²) in [7, 11) is 0. The fraction of sp³-hybridized carbons (Fsp3) is 0.379. The Hall–Kier alpha value is -4.35. The number of carbonyl (C=O) groups is 1. The predicted molar refractivity (Wildman–Crippen MR) is 147 cm³/mol. The highest BCUT2D eigenvalue weighted by Gasteiger charge is 2.35. The predicted octanol–water partition coefficient (Wildman–Crippen LogP) is 4.65. The maximum absolute atomic E-state index is 13.4. The number of ether oxygens (including phenoxy) is 1. The second-order valence-corrected chi connectivity index (χ2v) is 10.1. The van der Waals surface area contributed by atoms with E-state index >= 15 is 0 Å². The number of halogens is 3. The molecule has 216 valence electrons. The molecule has 1 aliphatic rings. The van der Waals surface area contributed by atoms with Crippen LogP contribution in [0.15, 0.2) is 58.1 Å². The molecule has 1 aliphatic heterocycles. The average molecular weight is 570 g/mol. The number of carbonyl (C=O) groups excluding carboxylic acids is 1. The zero-order valence-electron chi connectivity index (χ0n) is 22.6. The molecule has 0 spiro atoms. The van der Waals surface area contributed by atoms with Crippen LogP contribution in [0.1, 0.15) is 50.3 Å². The van der Waals surface area contributed by atoms with Crippen molar-refractivity contribution in [2.45, 2.75) is 58.5 Å². The summed E-state index contributed by atoms with van der Waals surface area (Å²) in [6, 6.07) is 11.7. The van der Waals surface area contributed by atoms with Crippen LogP contribution in [0.2, 0.25) is 0 Å². The number of aromatic nitrogens is 4. The van der Waals surface area contributed by atoms with Crippen molar-refractivity contribution in [2.24, 2.45) is 5.92 Å². The molecule has 1 saturated heterocycles. The SMILES string of the molecule is CCCn1c(=O)c2[nH]c(-c3ccc(OC(c4cccc(C(F)(F)F)c4)C4CNC(=O)C4)cc3)nc2n(CCC)c1=O. The highest BCUT2D eigenvalue weighted by atomic mass is 19.4. The van der Waals surface area contributed by atoms with Crippen LogP contribution in [0, 0.1) is 5.92 Å². The molecule has 1 fully saturated rings. The molecule has 0 bridgehead atoms. The van der Waals surface area contributed by atoms with E-state index in [0.717, 1.165) is 12.1 Å². The Kier molecular flexibility index (Phi) is 7.74. The first-order chi connectivity index (χ1) is 19.6. The normalized spacial score (nSPS) is 16.2. The van der Waals surface area contributed by atoms with E-state index in [1.165, 1.54) is 15.2 Å². The number of hydrogen-bond acceptors (Lipinski definition) is 5. The van der Waals surface area contributed by atoms with Crippen LogP contribution in [-0.4, -0.2) is 31.6 Å². The zero-order valence-corrected chi connectivity index (χ0v) is 22.6. The number of aromatic amines is 1. The third-order valence-corrected chi connectivity index (χ3v) is 7.13. The van der Waals surface area contributed by atoms with E-state index in [9.17, 15) is 27.6 Å². The van der Waals surface area contributed by atoms with Gasteiger partial charge in [-0.2, -0.15) is 13.2 Å². The molecule has 12 heteroatoms. The lowest BCUT2D eigenvalue weighted by molar-refractivity contribution is -0.137. The number of hydrogen-bond donors (Lipinski definition) is 2. The van der Waals surface area contributed by atoms with Gasteiger partial charge < -0.3 is 15.0 Å². The zero-order chi connectivity index (χ0) is 29.3. The van der Waals surface area contributed by atoms with Crippen LogP contribution in [0.25, 0.3) is 22.6 Å². The van der Waals surface area contributed by atoms with Gasteiger partial charge in [-0.3, -0.25) is 18.7 Å². The van der Waals surface area contributed by atoms with Crippen LogP contribution >= 0.6 is 0 Å². The van der Waals surface area contributed by atoms with Gasteiger partial charge in [0.1, 0.15) is 23.2 Å². The third kappa shape index (κ3) is 5.63. The lowest BCUT2D eigenvalue weighted by Gasteiger charge is -2.25. The number of benzene rings is 2. The van der Waals surface area contributed by atoms with Crippen molar-refractivity contribution in [1.29, 1.82) is 0 Å². The quantitative estimate of drug-likeness (QED) is 0.305. The van der Waals surface area contributed by atoms with E-state index in [0.29, 0.717) is 48.6 Å². The standard InChI is InChI=1S/C29H30F3N5O4/c1-3-12-36-26-23(27(39)37(13-4-2)28(36)40)34-25(35-26)17-8-10-21(11-9-17)41-24(19-15-22(38)33-16-19)18-6-5-7-20(14-18)29(30,31)32/h5-11,14,19,24H,3-4,12-13,15-16H2,1-2H3,(H,33,38)(H,34,35). The summed E-state index contributed by atoms with van der Waals surface area (Å²) in [5.41, 5.74) is -0.146. The number of H-pyrrole nitrogens is 1. The molecule has 2 aromatic carbocycles. The lowest BCUT2D eigenvalue weighted by atomic mass is 9.93. The van der Waals surface area contributed by atoms with Crippen molar-refractivity contribution >= 4 is 17.1 Å². The summed E-state index contributed by atoms with van der Waals surface area (Å²) in [4.78, 5) is 45.6. The molecule has 2 N–H and O–H groups in total. The number of rotatable bonds is 9. The number of imidazole rings is 1. The minimum absolute atomic E-state index is 0.132. The molecule has 0 saturated carbocycles. The number of aryl methyl sites for hydroxylation is 1. The largest absolute Gasteiger partial charge is 0.485 e. The molecule has 9 nitrogen and oxygen atoms in total. The summed E-state index contributed by atoms with van der Waals surface area (Å²) in [5.74, 6) is 0.235. The van der Waals surface area contributed by atoms with E-state index in [-0.39, 0.29) is 36.0 Å². The molecule has 2 aromatic heterocycles.